The summed E-state index contributed by atoms with van der Waals surface area (Å²) in [6.07, 6.45) is -2.80. The number of aromatic nitrogens is 2. The third-order valence-electron chi connectivity index (χ3n) is 8.70. The van der Waals surface area contributed by atoms with Crippen LogP contribution in [-0.2, 0) is 36.0 Å². The van der Waals surface area contributed by atoms with Crippen molar-refractivity contribution in [1.29, 1.82) is 0 Å². The molecule has 0 spiro atoms. The van der Waals surface area contributed by atoms with Crippen molar-refractivity contribution in [3.8, 4) is 6.01 Å². The van der Waals surface area contributed by atoms with Crippen LogP contribution in [0.5, 0.6) is 6.01 Å². The predicted molar refractivity (Wildman–Crippen MR) is 188 cm³/mol. The van der Waals surface area contributed by atoms with Gasteiger partial charge in [0, 0.05) is 35.5 Å². The Morgan fingerprint density at radius 1 is 0.857 bits per heavy atom. The summed E-state index contributed by atoms with van der Waals surface area (Å²) >= 11 is 0. The molecule has 0 aliphatic carbocycles. The van der Waals surface area contributed by atoms with E-state index in [-0.39, 0.29) is 44.7 Å². The molecule has 4 aromatic rings. The second-order valence-electron chi connectivity index (χ2n) is 12.9. The maximum atomic E-state index is 14.5. The van der Waals surface area contributed by atoms with Crippen LogP contribution in [0.15, 0.2) is 72.8 Å². The standard InChI is InChI=1S/C38H44F3N5O10/c1-24-11-7-8-15-32(24)38(27-12-5-4-6-13-27,42-22-29(47)16-17-31-33(40)20-28(39)21-34(31)41)35(55-37-43-25(2)19-26(3)44-37)36(48)53-18-10-9-14-30(56-46(51)52)23-54-45(49)50/h4-8,11-13,15,19-21,30,35,42,49-52H,9-10,14,16-18,22-23H2,1-3H3/t30?,35-,38+/m1/s1. The van der Waals surface area contributed by atoms with E-state index in [0.717, 1.165) is 0 Å². The number of Topliss-reactive ketones (excluding diaryl/α,β-unsaturated/α-hetero) is 1. The van der Waals surface area contributed by atoms with Gasteiger partial charge in [-0.3, -0.25) is 30.9 Å². The summed E-state index contributed by atoms with van der Waals surface area (Å²) < 4.78 is 54.6. The highest BCUT2D eigenvalue weighted by atomic mass is 19.1. The van der Waals surface area contributed by atoms with Crippen LogP contribution < -0.4 is 10.1 Å². The van der Waals surface area contributed by atoms with Crippen molar-refractivity contribution < 1.29 is 62.7 Å². The lowest BCUT2D eigenvalue weighted by atomic mass is 9.76. The van der Waals surface area contributed by atoms with E-state index in [9.17, 15) is 22.8 Å². The number of hydrogen-bond acceptors (Lipinski definition) is 15. The van der Waals surface area contributed by atoms with Gasteiger partial charge >= 0.3 is 12.0 Å². The molecule has 3 aromatic carbocycles. The third-order valence-corrected chi connectivity index (χ3v) is 8.70. The topological polar surface area (TPSA) is 196 Å². The van der Waals surface area contributed by atoms with E-state index in [4.69, 9.17) is 35.1 Å². The van der Waals surface area contributed by atoms with E-state index in [1.165, 1.54) is 0 Å². The second-order valence-corrected chi connectivity index (χ2v) is 12.9. The van der Waals surface area contributed by atoms with Gasteiger partial charge in [0.1, 0.15) is 41.5 Å². The number of carbonyl (C=O) groups excluding carboxylic acids is 2. The van der Waals surface area contributed by atoms with Gasteiger partial charge in [-0.15, -0.1) is 0 Å². The molecule has 1 heterocycles. The molecule has 1 unspecified atom stereocenters. The number of benzene rings is 3. The van der Waals surface area contributed by atoms with Crippen LogP contribution in [0.3, 0.4) is 0 Å². The molecular formula is C38H44F3N5O10. The summed E-state index contributed by atoms with van der Waals surface area (Å²) in [5, 5.41) is 38.0. The maximum Gasteiger partial charge on any atom is 0.350 e. The van der Waals surface area contributed by atoms with Crippen molar-refractivity contribution in [3.63, 3.8) is 0 Å². The van der Waals surface area contributed by atoms with Crippen molar-refractivity contribution in [1.82, 2.24) is 26.1 Å². The molecule has 0 bridgehead atoms. The van der Waals surface area contributed by atoms with Crippen LogP contribution in [0.4, 0.5) is 13.2 Å². The van der Waals surface area contributed by atoms with Crippen LogP contribution in [0.2, 0.25) is 0 Å². The SMILES string of the molecule is Cc1cc(C)nc(O[C@H](C(=O)OCCCCC(CON(O)O)ON(O)O)[C@](NCC(=O)CCc2c(F)cc(F)cc2F)(c2ccccc2)c2ccccc2C)n1. The number of halogens is 3. The zero-order valence-electron chi connectivity index (χ0n) is 30.9. The van der Waals surface area contributed by atoms with Gasteiger partial charge in [-0.1, -0.05) is 54.6 Å². The number of rotatable bonds is 22. The van der Waals surface area contributed by atoms with E-state index in [1.807, 2.05) is 0 Å². The average molecular weight is 788 g/mol. The van der Waals surface area contributed by atoms with Crippen LogP contribution >= 0.6 is 0 Å². The fourth-order valence-electron chi connectivity index (χ4n) is 6.19. The van der Waals surface area contributed by atoms with E-state index in [0.29, 0.717) is 40.2 Å². The Morgan fingerprint density at radius 3 is 2.12 bits per heavy atom. The highest BCUT2D eigenvalue weighted by molar-refractivity contribution is 5.82. The Morgan fingerprint density at radius 2 is 1.50 bits per heavy atom. The lowest BCUT2D eigenvalue weighted by molar-refractivity contribution is -0.527. The molecule has 302 valence electrons. The summed E-state index contributed by atoms with van der Waals surface area (Å²) in [6, 6.07) is 18.4. The molecule has 4 rings (SSSR count). The summed E-state index contributed by atoms with van der Waals surface area (Å²) in [4.78, 5) is 46.1. The minimum absolute atomic E-state index is 0.0892. The quantitative estimate of drug-likeness (QED) is 0.0385. The van der Waals surface area contributed by atoms with Gasteiger partial charge in [-0.2, -0.15) is 0 Å². The lowest BCUT2D eigenvalue weighted by Gasteiger charge is -2.41. The first-order valence-corrected chi connectivity index (χ1v) is 17.5. The molecule has 0 aliphatic heterocycles. The minimum atomic E-state index is -1.69. The molecular weight excluding hydrogens is 743 g/mol. The van der Waals surface area contributed by atoms with Crippen LogP contribution in [0.1, 0.15) is 59.3 Å². The molecule has 15 nitrogen and oxygen atoms in total. The van der Waals surface area contributed by atoms with Crippen molar-refractivity contribution in [2.45, 2.75) is 70.6 Å². The molecule has 0 saturated heterocycles. The number of ether oxygens (including phenoxy) is 2. The molecule has 0 saturated carbocycles. The van der Waals surface area contributed by atoms with Gasteiger partial charge in [0.2, 0.25) is 6.10 Å². The summed E-state index contributed by atoms with van der Waals surface area (Å²) in [5.74, 6) is -4.70. The van der Waals surface area contributed by atoms with Crippen molar-refractivity contribution >= 4 is 11.8 Å². The summed E-state index contributed by atoms with van der Waals surface area (Å²) in [7, 11) is 0. The molecule has 3 atom stereocenters. The molecule has 1 aromatic heterocycles. The van der Waals surface area contributed by atoms with Crippen LogP contribution in [0, 0.1) is 38.2 Å². The highest BCUT2D eigenvalue weighted by Crippen LogP contribution is 2.38. The number of nitrogens with zero attached hydrogens (tertiary/aromatic N) is 4. The molecule has 0 aliphatic rings. The molecule has 56 heavy (non-hydrogen) atoms. The fraction of sp³-hybridized carbons (Fsp3) is 0.368. The number of unbranched alkanes of at least 4 members (excludes halogenated alkanes) is 1. The van der Waals surface area contributed by atoms with Gasteiger partial charge in [0.15, 0.2) is 0 Å². The van der Waals surface area contributed by atoms with E-state index in [2.05, 4.69) is 20.1 Å². The fourth-order valence-corrected chi connectivity index (χ4v) is 6.19. The predicted octanol–water partition coefficient (Wildman–Crippen LogP) is 5.41. The zero-order valence-corrected chi connectivity index (χ0v) is 30.9. The monoisotopic (exact) mass is 787 g/mol. The molecule has 0 amide bonds. The van der Waals surface area contributed by atoms with Crippen molar-refractivity contribution in [3.05, 3.63) is 124 Å². The Bertz CT molecular complexity index is 1870. The first-order valence-electron chi connectivity index (χ1n) is 17.5. The van der Waals surface area contributed by atoms with E-state index >= 15 is 0 Å². The molecule has 18 heteroatoms. The Kier molecular flexibility index (Phi) is 16.3. The van der Waals surface area contributed by atoms with Crippen LogP contribution in [0.25, 0.3) is 0 Å². The van der Waals surface area contributed by atoms with E-state index < -0.39 is 76.4 Å². The van der Waals surface area contributed by atoms with Gasteiger partial charge < -0.3 is 9.47 Å². The first kappa shape index (κ1) is 43.8. The smallest absolute Gasteiger partial charge is 0.350 e. The lowest BCUT2D eigenvalue weighted by Crippen LogP contribution is -2.60. The van der Waals surface area contributed by atoms with Gasteiger partial charge in [-0.05, 0) is 69.2 Å². The first-order chi connectivity index (χ1) is 26.7. The number of hydrogen-bond donors (Lipinski definition) is 5. The summed E-state index contributed by atoms with van der Waals surface area (Å²) in [6.45, 7) is 4.16. The molecule has 5 N–H and O–H groups in total. The zero-order chi connectivity index (χ0) is 40.8. The Balaban J connectivity index is 1.70. The number of ketones is 1. The molecule has 0 radical (unpaired) electrons. The van der Waals surface area contributed by atoms with Gasteiger partial charge in [-0.25, -0.2) is 37.6 Å². The number of nitrogens with one attached hydrogen (secondary N) is 1. The minimum Gasteiger partial charge on any atom is -0.463 e. The Labute approximate surface area is 320 Å². The van der Waals surface area contributed by atoms with Gasteiger partial charge in [0.05, 0.1) is 23.9 Å². The second kappa shape index (κ2) is 20.9. The van der Waals surface area contributed by atoms with E-state index in [1.54, 1.807) is 81.4 Å². The largest absolute Gasteiger partial charge is 0.463 e. The van der Waals surface area contributed by atoms with Crippen LogP contribution in [-0.4, -0.2) is 85.3 Å². The highest BCUT2D eigenvalue weighted by Gasteiger charge is 2.50. The average Bonchev–Trinajstić information content (AvgIpc) is 3.13. The number of carbonyl (C=O) groups is 2. The van der Waals surface area contributed by atoms with Crippen molar-refractivity contribution in [2.75, 3.05) is 19.8 Å². The third kappa shape index (κ3) is 12.3. The number of esters is 1. The normalized spacial score (nSPS) is 13.7. The maximum absolute atomic E-state index is 14.5. The number of aryl methyl sites for hydroxylation is 3. The van der Waals surface area contributed by atoms with Crippen molar-refractivity contribution in [2.24, 2.45) is 0 Å². The summed E-state index contributed by atoms with van der Waals surface area (Å²) in [5.41, 5.74) is 0.635. The Hall–Kier alpha value is -4.89. The molecule has 0 fully saturated rings. The van der Waals surface area contributed by atoms with Gasteiger partial charge in [0.25, 0.3) is 0 Å².